The molecule has 0 saturated heterocycles. The molecule has 1 heterocycles. The van der Waals surface area contributed by atoms with Crippen LogP contribution in [0.2, 0.25) is 0 Å². The molecule has 1 aromatic rings. The van der Waals surface area contributed by atoms with Crippen molar-refractivity contribution in [1.29, 1.82) is 0 Å². The van der Waals surface area contributed by atoms with Crippen molar-refractivity contribution >= 4 is 17.6 Å². The molecule has 1 aliphatic heterocycles. The van der Waals surface area contributed by atoms with Gasteiger partial charge in [-0.25, -0.2) is 0 Å². The second-order valence-corrected chi connectivity index (χ2v) is 4.36. The number of fused-ring (bicyclic) bond motifs is 1. The zero-order valence-corrected chi connectivity index (χ0v) is 10.8. The summed E-state index contributed by atoms with van der Waals surface area (Å²) in [4.78, 5) is 25.7. The molecule has 5 nitrogen and oxygen atoms in total. The lowest BCUT2D eigenvalue weighted by atomic mass is 9.84. The van der Waals surface area contributed by atoms with Crippen LogP contribution in [0.1, 0.15) is 12.5 Å². The highest BCUT2D eigenvalue weighted by Gasteiger charge is 2.53. The topological polar surface area (TPSA) is 55.8 Å². The van der Waals surface area contributed by atoms with Gasteiger partial charge in [-0.2, -0.15) is 0 Å². The number of nitrogens with zero attached hydrogens (tertiary/aromatic N) is 1. The summed E-state index contributed by atoms with van der Waals surface area (Å²) in [5, 5.41) is 0. The van der Waals surface area contributed by atoms with E-state index in [9.17, 15) is 9.59 Å². The molecule has 0 saturated carbocycles. The van der Waals surface area contributed by atoms with E-state index in [0.717, 1.165) is 0 Å². The molecular weight excluding hydrogens is 234 g/mol. The van der Waals surface area contributed by atoms with Crippen molar-refractivity contribution in [3.05, 3.63) is 23.8 Å². The number of rotatable bonds is 2. The van der Waals surface area contributed by atoms with Crippen molar-refractivity contribution in [1.82, 2.24) is 0 Å². The third kappa shape index (κ3) is 1.40. The van der Waals surface area contributed by atoms with Gasteiger partial charge in [-0.05, 0) is 25.1 Å². The molecular formula is C13H15NO4. The van der Waals surface area contributed by atoms with E-state index >= 15 is 0 Å². The number of methoxy groups -OCH3 is 2. The summed E-state index contributed by atoms with van der Waals surface area (Å²) in [5.41, 5.74) is 0.0165. The van der Waals surface area contributed by atoms with Gasteiger partial charge in [-0.15, -0.1) is 0 Å². The van der Waals surface area contributed by atoms with Crippen LogP contribution in [-0.4, -0.2) is 33.1 Å². The van der Waals surface area contributed by atoms with Gasteiger partial charge < -0.3 is 14.4 Å². The average molecular weight is 249 g/mol. The fourth-order valence-corrected chi connectivity index (χ4v) is 2.30. The zero-order valence-electron chi connectivity index (χ0n) is 10.8. The van der Waals surface area contributed by atoms with Gasteiger partial charge in [0.1, 0.15) is 5.75 Å². The van der Waals surface area contributed by atoms with Crippen molar-refractivity contribution < 1.29 is 19.1 Å². The standard InChI is InChI=1S/C13H15NO4/c1-13(12(16)18-4)9-7-8(17-3)5-6-10(9)14(2)11(13)15/h5-7H,1-4H3/t13-/m1/s1. The minimum Gasteiger partial charge on any atom is -0.497 e. The second-order valence-electron chi connectivity index (χ2n) is 4.36. The first-order valence-corrected chi connectivity index (χ1v) is 5.52. The van der Waals surface area contributed by atoms with E-state index in [-0.39, 0.29) is 5.91 Å². The Hall–Kier alpha value is -2.04. The quantitative estimate of drug-likeness (QED) is 0.582. The first-order chi connectivity index (χ1) is 8.46. The number of carbonyl (C=O) groups is 2. The molecule has 1 amide bonds. The highest BCUT2D eigenvalue weighted by atomic mass is 16.5. The summed E-state index contributed by atoms with van der Waals surface area (Å²) in [5.74, 6) is -0.254. The summed E-state index contributed by atoms with van der Waals surface area (Å²) in [6.07, 6.45) is 0. The molecule has 0 aromatic heterocycles. The van der Waals surface area contributed by atoms with Gasteiger partial charge in [0, 0.05) is 18.3 Å². The Balaban J connectivity index is 2.66. The maximum absolute atomic E-state index is 12.3. The summed E-state index contributed by atoms with van der Waals surface area (Å²) in [7, 11) is 4.46. The van der Waals surface area contributed by atoms with Crippen LogP contribution in [0.25, 0.3) is 0 Å². The average Bonchev–Trinajstić information content (AvgIpc) is 2.60. The molecule has 96 valence electrons. The number of hydrogen-bond acceptors (Lipinski definition) is 4. The number of anilines is 1. The molecule has 0 aliphatic carbocycles. The molecule has 2 rings (SSSR count). The van der Waals surface area contributed by atoms with Gasteiger partial charge in [0.05, 0.1) is 14.2 Å². The summed E-state index contributed by atoms with van der Waals surface area (Å²) in [6.45, 7) is 1.57. The molecule has 1 atom stereocenters. The van der Waals surface area contributed by atoms with Crippen molar-refractivity contribution in [2.75, 3.05) is 26.2 Å². The van der Waals surface area contributed by atoms with Crippen LogP contribution in [0.5, 0.6) is 5.75 Å². The predicted octanol–water partition coefficient (Wildman–Crippen LogP) is 1.10. The van der Waals surface area contributed by atoms with Crippen molar-refractivity contribution in [2.24, 2.45) is 0 Å². The van der Waals surface area contributed by atoms with E-state index in [2.05, 4.69) is 0 Å². The number of ether oxygens (including phenoxy) is 2. The third-order valence-electron chi connectivity index (χ3n) is 3.43. The van der Waals surface area contributed by atoms with Crippen molar-refractivity contribution in [2.45, 2.75) is 12.3 Å². The molecule has 0 fully saturated rings. The predicted molar refractivity (Wildman–Crippen MR) is 65.8 cm³/mol. The van der Waals surface area contributed by atoms with Gasteiger partial charge in [-0.1, -0.05) is 0 Å². The van der Waals surface area contributed by atoms with Crippen molar-refractivity contribution in [3.8, 4) is 5.75 Å². The van der Waals surface area contributed by atoms with E-state index in [1.54, 1.807) is 32.2 Å². The zero-order chi connectivity index (χ0) is 13.5. The summed E-state index contributed by atoms with van der Waals surface area (Å²) >= 11 is 0. The molecule has 0 radical (unpaired) electrons. The van der Waals surface area contributed by atoms with Gasteiger partial charge in [0.2, 0.25) is 5.91 Å². The van der Waals surface area contributed by atoms with Crippen LogP contribution in [0.3, 0.4) is 0 Å². The highest BCUT2D eigenvalue weighted by Crippen LogP contribution is 2.43. The summed E-state index contributed by atoms with van der Waals surface area (Å²) in [6, 6.07) is 5.22. The van der Waals surface area contributed by atoms with Crippen LogP contribution >= 0.6 is 0 Å². The van der Waals surface area contributed by atoms with Crippen LogP contribution < -0.4 is 9.64 Å². The largest absolute Gasteiger partial charge is 0.497 e. The van der Waals surface area contributed by atoms with Gasteiger partial charge in [0.15, 0.2) is 5.41 Å². The molecule has 1 aliphatic rings. The first-order valence-electron chi connectivity index (χ1n) is 5.52. The molecule has 0 unspecified atom stereocenters. The third-order valence-corrected chi connectivity index (χ3v) is 3.43. The smallest absolute Gasteiger partial charge is 0.325 e. The SMILES string of the molecule is COC(=O)[C@@]1(C)C(=O)N(C)c2ccc(OC)cc21. The lowest BCUT2D eigenvalue weighted by molar-refractivity contribution is -0.150. The molecule has 1 aromatic carbocycles. The van der Waals surface area contributed by atoms with E-state index in [1.807, 2.05) is 0 Å². The molecule has 18 heavy (non-hydrogen) atoms. The number of amides is 1. The normalized spacial score (nSPS) is 21.8. The van der Waals surface area contributed by atoms with E-state index in [4.69, 9.17) is 9.47 Å². The highest BCUT2D eigenvalue weighted by molar-refractivity contribution is 6.19. The number of hydrogen-bond donors (Lipinski definition) is 0. The van der Waals surface area contributed by atoms with Crippen LogP contribution in [0.4, 0.5) is 5.69 Å². The minimum absolute atomic E-state index is 0.294. The van der Waals surface area contributed by atoms with E-state index in [1.165, 1.54) is 19.1 Å². The molecule has 0 N–H and O–H groups in total. The van der Waals surface area contributed by atoms with E-state index < -0.39 is 11.4 Å². The Bertz CT molecular complexity index is 526. The first kappa shape index (κ1) is 12.4. The van der Waals surface area contributed by atoms with Gasteiger partial charge in [-0.3, -0.25) is 9.59 Å². The number of carbonyl (C=O) groups excluding carboxylic acids is 2. The van der Waals surface area contributed by atoms with Gasteiger partial charge >= 0.3 is 5.97 Å². The fraction of sp³-hybridized carbons (Fsp3) is 0.385. The van der Waals surface area contributed by atoms with Crippen molar-refractivity contribution in [3.63, 3.8) is 0 Å². The monoisotopic (exact) mass is 249 g/mol. The Labute approximate surface area is 105 Å². The Morgan fingerprint density at radius 2 is 2.00 bits per heavy atom. The maximum atomic E-state index is 12.3. The lowest BCUT2D eigenvalue weighted by Gasteiger charge is -2.20. The lowest BCUT2D eigenvalue weighted by Crippen LogP contribution is -2.43. The maximum Gasteiger partial charge on any atom is 0.325 e. The Morgan fingerprint density at radius 1 is 1.33 bits per heavy atom. The number of likely N-dealkylation sites (N-methyl/N-ethyl adjacent to an activating group) is 1. The Kier molecular flexibility index (Phi) is 2.77. The van der Waals surface area contributed by atoms with Crippen LogP contribution in [0, 0.1) is 0 Å². The fourth-order valence-electron chi connectivity index (χ4n) is 2.30. The molecule has 0 spiro atoms. The number of esters is 1. The molecule has 0 bridgehead atoms. The Morgan fingerprint density at radius 3 is 2.56 bits per heavy atom. The minimum atomic E-state index is -1.30. The second kappa shape index (κ2) is 4.01. The van der Waals surface area contributed by atoms with Crippen LogP contribution in [0.15, 0.2) is 18.2 Å². The summed E-state index contributed by atoms with van der Waals surface area (Å²) < 4.78 is 9.89. The molecule has 5 heteroatoms. The van der Waals surface area contributed by atoms with Crippen LogP contribution in [-0.2, 0) is 19.7 Å². The number of benzene rings is 1. The van der Waals surface area contributed by atoms with E-state index in [0.29, 0.717) is 17.0 Å². The van der Waals surface area contributed by atoms with Gasteiger partial charge in [0.25, 0.3) is 0 Å².